The molecule has 2 aromatic heterocycles. The molecule has 0 saturated heterocycles. The Kier molecular flexibility index (Phi) is 3.17. The fraction of sp³-hybridized carbons (Fsp3) is 0.188. The number of carbonyl (C=O) groups is 1. The van der Waals surface area contributed by atoms with Crippen molar-refractivity contribution in [2.45, 2.75) is 13.3 Å². The summed E-state index contributed by atoms with van der Waals surface area (Å²) in [6.07, 6.45) is 3.54. The van der Waals surface area contributed by atoms with E-state index in [0.29, 0.717) is 12.0 Å². The van der Waals surface area contributed by atoms with Gasteiger partial charge in [0.15, 0.2) is 0 Å². The predicted octanol–water partition coefficient (Wildman–Crippen LogP) is 2.57. The van der Waals surface area contributed by atoms with E-state index in [1.165, 1.54) is 17.8 Å². The number of hydrogen-bond acceptors (Lipinski definition) is 3. The Morgan fingerprint density at radius 2 is 2.14 bits per heavy atom. The molecule has 21 heavy (non-hydrogen) atoms. The minimum Gasteiger partial charge on any atom is -0.478 e. The molecule has 106 valence electrons. The van der Waals surface area contributed by atoms with Gasteiger partial charge in [-0.2, -0.15) is 5.10 Å². The molecule has 0 bridgehead atoms. The summed E-state index contributed by atoms with van der Waals surface area (Å²) >= 11 is 0. The van der Waals surface area contributed by atoms with Crippen LogP contribution >= 0.6 is 0 Å². The molecule has 5 heteroatoms. The Bertz CT molecular complexity index is 837. The van der Waals surface area contributed by atoms with Crippen molar-refractivity contribution in [2.24, 2.45) is 7.05 Å². The molecule has 3 aromatic rings. The molecule has 0 saturated carbocycles. The number of pyridine rings is 1. The summed E-state index contributed by atoms with van der Waals surface area (Å²) in [6, 6.07) is 7.67. The van der Waals surface area contributed by atoms with Crippen LogP contribution in [0.3, 0.4) is 0 Å². The van der Waals surface area contributed by atoms with Crippen molar-refractivity contribution in [3.63, 3.8) is 0 Å². The SMILES string of the molecule is Cc1ccc2c(Cc3cnccc3C(=O)O)nn(C)c2c1. The van der Waals surface area contributed by atoms with Crippen LogP contribution < -0.4 is 0 Å². The minimum absolute atomic E-state index is 0.274. The minimum atomic E-state index is -0.941. The molecule has 0 unspecified atom stereocenters. The highest BCUT2D eigenvalue weighted by Crippen LogP contribution is 2.22. The van der Waals surface area contributed by atoms with Crippen molar-refractivity contribution in [3.05, 3.63) is 59.0 Å². The van der Waals surface area contributed by atoms with E-state index in [1.54, 1.807) is 6.20 Å². The van der Waals surface area contributed by atoms with Gasteiger partial charge in [0, 0.05) is 31.2 Å². The number of aromatic carboxylic acids is 1. The van der Waals surface area contributed by atoms with Gasteiger partial charge < -0.3 is 5.11 Å². The highest BCUT2D eigenvalue weighted by molar-refractivity contribution is 5.90. The molecular weight excluding hydrogens is 266 g/mol. The van der Waals surface area contributed by atoms with E-state index in [1.807, 2.05) is 30.8 Å². The number of fused-ring (bicyclic) bond motifs is 1. The number of aryl methyl sites for hydroxylation is 2. The molecule has 5 nitrogen and oxygen atoms in total. The summed E-state index contributed by atoms with van der Waals surface area (Å²) in [4.78, 5) is 15.3. The lowest BCUT2D eigenvalue weighted by Gasteiger charge is -2.03. The van der Waals surface area contributed by atoms with Gasteiger partial charge in [0.2, 0.25) is 0 Å². The Hall–Kier alpha value is -2.69. The molecule has 0 spiro atoms. The van der Waals surface area contributed by atoms with Crippen LogP contribution in [0.1, 0.15) is 27.2 Å². The number of nitrogens with zero attached hydrogens (tertiary/aromatic N) is 3. The number of aromatic nitrogens is 3. The third-order valence-electron chi connectivity index (χ3n) is 3.58. The Morgan fingerprint density at radius 1 is 1.33 bits per heavy atom. The maximum Gasteiger partial charge on any atom is 0.336 e. The smallest absolute Gasteiger partial charge is 0.336 e. The summed E-state index contributed by atoms with van der Waals surface area (Å²) in [5, 5.41) is 14.8. The zero-order valence-electron chi connectivity index (χ0n) is 11.9. The van der Waals surface area contributed by atoms with Crippen LogP contribution in [0.15, 0.2) is 36.7 Å². The van der Waals surface area contributed by atoms with Crippen LogP contribution in [0.5, 0.6) is 0 Å². The lowest BCUT2D eigenvalue weighted by molar-refractivity contribution is 0.0695. The summed E-state index contributed by atoms with van der Waals surface area (Å²) in [5.41, 5.74) is 4.03. The molecule has 0 aliphatic rings. The molecule has 0 fully saturated rings. The van der Waals surface area contributed by atoms with Crippen molar-refractivity contribution < 1.29 is 9.90 Å². The molecular formula is C16H15N3O2. The van der Waals surface area contributed by atoms with Gasteiger partial charge >= 0.3 is 5.97 Å². The van der Waals surface area contributed by atoms with Crippen LogP contribution in [0.4, 0.5) is 0 Å². The number of carboxylic acids is 1. The molecule has 3 rings (SSSR count). The normalized spacial score (nSPS) is 11.0. The Labute approximate surface area is 121 Å². The standard InChI is InChI=1S/C16H15N3O2/c1-10-3-4-13-14(18-19(2)15(13)7-10)8-11-9-17-6-5-12(11)16(20)21/h3-7,9H,8H2,1-2H3,(H,20,21). The number of carboxylic acid groups (broad SMARTS) is 1. The maximum atomic E-state index is 11.3. The maximum absolute atomic E-state index is 11.3. The van der Waals surface area contributed by atoms with Crippen LogP contribution in [0.25, 0.3) is 10.9 Å². The first-order chi connectivity index (χ1) is 10.1. The topological polar surface area (TPSA) is 68.0 Å². The van der Waals surface area contributed by atoms with Gasteiger partial charge in [0.25, 0.3) is 0 Å². The van der Waals surface area contributed by atoms with E-state index in [2.05, 4.69) is 16.1 Å². The second kappa shape index (κ2) is 5.01. The first kappa shape index (κ1) is 13.3. The fourth-order valence-corrected chi connectivity index (χ4v) is 2.53. The van der Waals surface area contributed by atoms with Crippen LogP contribution in [-0.2, 0) is 13.5 Å². The summed E-state index contributed by atoms with van der Waals surface area (Å²) in [6.45, 7) is 2.04. The summed E-state index contributed by atoms with van der Waals surface area (Å²) < 4.78 is 1.83. The zero-order valence-corrected chi connectivity index (χ0v) is 11.9. The molecule has 0 radical (unpaired) electrons. The lowest BCUT2D eigenvalue weighted by atomic mass is 10.0. The average Bonchev–Trinajstić information content (AvgIpc) is 2.75. The summed E-state index contributed by atoms with van der Waals surface area (Å²) in [7, 11) is 1.90. The molecule has 1 N–H and O–H groups in total. The van der Waals surface area contributed by atoms with E-state index in [0.717, 1.165) is 16.6 Å². The van der Waals surface area contributed by atoms with Crippen molar-refractivity contribution in [1.82, 2.24) is 14.8 Å². The Balaban J connectivity index is 2.09. The van der Waals surface area contributed by atoms with Gasteiger partial charge in [-0.25, -0.2) is 4.79 Å². The quantitative estimate of drug-likeness (QED) is 0.801. The number of benzene rings is 1. The molecule has 0 aliphatic carbocycles. The third kappa shape index (κ3) is 2.38. The van der Waals surface area contributed by atoms with E-state index < -0.39 is 5.97 Å². The lowest BCUT2D eigenvalue weighted by Crippen LogP contribution is -2.04. The van der Waals surface area contributed by atoms with Crippen molar-refractivity contribution >= 4 is 16.9 Å². The van der Waals surface area contributed by atoms with Crippen LogP contribution in [0, 0.1) is 6.92 Å². The van der Waals surface area contributed by atoms with Gasteiger partial charge in [-0.3, -0.25) is 9.67 Å². The van der Waals surface area contributed by atoms with Gasteiger partial charge in [-0.05, 0) is 30.2 Å². The zero-order chi connectivity index (χ0) is 15.0. The van der Waals surface area contributed by atoms with E-state index in [9.17, 15) is 9.90 Å². The summed E-state index contributed by atoms with van der Waals surface area (Å²) in [5.74, 6) is -0.941. The van der Waals surface area contributed by atoms with Gasteiger partial charge in [-0.1, -0.05) is 12.1 Å². The average molecular weight is 281 g/mol. The van der Waals surface area contributed by atoms with E-state index >= 15 is 0 Å². The first-order valence-corrected chi connectivity index (χ1v) is 6.64. The van der Waals surface area contributed by atoms with Crippen molar-refractivity contribution in [3.8, 4) is 0 Å². The molecule has 1 aromatic carbocycles. The fourth-order valence-electron chi connectivity index (χ4n) is 2.53. The third-order valence-corrected chi connectivity index (χ3v) is 3.58. The predicted molar refractivity (Wildman–Crippen MR) is 79.5 cm³/mol. The Morgan fingerprint density at radius 3 is 2.90 bits per heavy atom. The largest absolute Gasteiger partial charge is 0.478 e. The van der Waals surface area contributed by atoms with Gasteiger partial charge in [0.05, 0.1) is 16.8 Å². The molecule has 2 heterocycles. The number of rotatable bonds is 3. The van der Waals surface area contributed by atoms with Gasteiger partial charge in [0.1, 0.15) is 0 Å². The number of hydrogen-bond donors (Lipinski definition) is 1. The molecule has 0 aliphatic heterocycles. The van der Waals surface area contributed by atoms with E-state index in [4.69, 9.17) is 0 Å². The van der Waals surface area contributed by atoms with Gasteiger partial charge in [-0.15, -0.1) is 0 Å². The van der Waals surface area contributed by atoms with Crippen LogP contribution in [-0.4, -0.2) is 25.8 Å². The highest BCUT2D eigenvalue weighted by Gasteiger charge is 2.14. The van der Waals surface area contributed by atoms with Crippen molar-refractivity contribution in [2.75, 3.05) is 0 Å². The second-order valence-corrected chi connectivity index (χ2v) is 5.11. The first-order valence-electron chi connectivity index (χ1n) is 6.64. The van der Waals surface area contributed by atoms with E-state index in [-0.39, 0.29) is 5.56 Å². The second-order valence-electron chi connectivity index (χ2n) is 5.11. The van der Waals surface area contributed by atoms with Crippen molar-refractivity contribution in [1.29, 1.82) is 0 Å². The highest BCUT2D eigenvalue weighted by atomic mass is 16.4. The molecule has 0 atom stereocenters. The molecule has 0 amide bonds. The monoisotopic (exact) mass is 281 g/mol. The van der Waals surface area contributed by atoms with Crippen LogP contribution in [0.2, 0.25) is 0 Å².